The molecule has 0 aliphatic heterocycles. The Hall–Kier alpha value is -2.12. The van der Waals surface area contributed by atoms with Crippen molar-refractivity contribution in [2.75, 3.05) is 7.11 Å². The highest BCUT2D eigenvalue weighted by Gasteiger charge is 2.28. The third-order valence-corrected chi connectivity index (χ3v) is 3.17. The van der Waals surface area contributed by atoms with Gasteiger partial charge in [0.15, 0.2) is 34.8 Å². The van der Waals surface area contributed by atoms with Gasteiger partial charge in [-0.2, -0.15) is 0 Å². The van der Waals surface area contributed by atoms with Crippen molar-refractivity contribution < 1.29 is 31.1 Å². The van der Waals surface area contributed by atoms with Crippen LogP contribution < -0.4 is 10.2 Å². The van der Waals surface area contributed by atoms with Crippen LogP contribution in [0, 0.1) is 41.8 Å². The second-order valence-corrected chi connectivity index (χ2v) is 4.42. The van der Waals surface area contributed by atoms with Gasteiger partial charge in [0.05, 0.1) is 12.7 Å². The Morgan fingerprint density at radius 3 is 1.82 bits per heavy atom. The van der Waals surface area contributed by atoms with Crippen LogP contribution in [0.15, 0.2) is 6.07 Å². The Morgan fingerprint density at radius 1 is 0.864 bits per heavy atom. The molecule has 0 spiro atoms. The van der Waals surface area contributed by atoms with Crippen molar-refractivity contribution in [3.63, 3.8) is 0 Å². The van der Waals surface area contributed by atoms with E-state index in [-0.39, 0.29) is 0 Å². The molecular formula is C14H7BF6O. The summed E-state index contributed by atoms with van der Waals surface area (Å²) in [5, 5.41) is 0. The Kier molecular flexibility index (Phi) is 4.13. The molecule has 0 amide bonds. The number of hydrogen-bond acceptors (Lipinski definition) is 1. The third-order valence-electron chi connectivity index (χ3n) is 3.17. The highest BCUT2D eigenvalue weighted by molar-refractivity contribution is 6.33. The molecule has 2 aromatic carbocycles. The normalized spacial score (nSPS) is 10.9. The van der Waals surface area contributed by atoms with Crippen LogP contribution in [0.2, 0.25) is 0 Å². The topological polar surface area (TPSA) is 9.23 Å². The Labute approximate surface area is 122 Å². The number of halogens is 6. The summed E-state index contributed by atoms with van der Waals surface area (Å²) in [5.41, 5.74) is -3.96. The first-order valence-electron chi connectivity index (χ1n) is 5.86. The zero-order valence-electron chi connectivity index (χ0n) is 11.3. The summed E-state index contributed by atoms with van der Waals surface area (Å²) >= 11 is 0. The summed E-state index contributed by atoms with van der Waals surface area (Å²) in [4.78, 5) is 0. The number of methoxy groups -OCH3 is 1. The summed E-state index contributed by atoms with van der Waals surface area (Å²) in [5.74, 6) is -10.6. The summed E-state index contributed by atoms with van der Waals surface area (Å²) < 4.78 is 87.1. The van der Waals surface area contributed by atoms with Crippen LogP contribution in [0.5, 0.6) is 5.75 Å². The molecule has 0 N–H and O–H groups in total. The van der Waals surface area contributed by atoms with Gasteiger partial charge in [0.2, 0.25) is 0 Å². The van der Waals surface area contributed by atoms with Crippen molar-refractivity contribution >= 4 is 13.3 Å². The lowest BCUT2D eigenvalue weighted by Crippen LogP contribution is -2.16. The lowest BCUT2D eigenvalue weighted by atomic mass is 9.90. The fourth-order valence-electron chi connectivity index (χ4n) is 1.98. The van der Waals surface area contributed by atoms with E-state index < -0.39 is 62.8 Å². The average Bonchev–Trinajstić information content (AvgIpc) is 2.49. The summed E-state index contributed by atoms with van der Waals surface area (Å²) in [7, 11) is 6.03. The molecular weight excluding hydrogens is 309 g/mol. The molecule has 0 heterocycles. The third kappa shape index (κ3) is 2.22. The maximum atomic E-state index is 14.0. The maximum absolute atomic E-state index is 14.0. The molecule has 2 rings (SSSR count). The molecule has 8 heteroatoms. The average molecular weight is 316 g/mol. The lowest BCUT2D eigenvalue weighted by Gasteiger charge is -2.15. The first-order valence-corrected chi connectivity index (χ1v) is 5.86. The van der Waals surface area contributed by atoms with Gasteiger partial charge in [0.25, 0.3) is 0 Å². The molecule has 2 aromatic rings. The van der Waals surface area contributed by atoms with E-state index in [0.29, 0.717) is 6.07 Å². The molecule has 0 aliphatic rings. The predicted octanol–water partition coefficient (Wildman–Crippen LogP) is 3.30. The van der Waals surface area contributed by atoms with Crippen molar-refractivity contribution in [2.24, 2.45) is 0 Å². The zero-order valence-corrected chi connectivity index (χ0v) is 11.3. The van der Waals surface area contributed by atoms with Crippen LogP contribution >= 0.6 is 0 Å². The number of rotatable bonds is 2. The molecule has 2 radical (unpaired) electrons. The van der Waals surface area contributed by atoms with Gasteiger partial charge in [-0.05, 0) is 18.5 Å². The molecule has 0 atom stereocenters. The van der Waals surface area contributed by atoms with E-state index in [4.69, 9.17) is 7.85 Å². The SMILES string of the molecule is [B]c1c(F)cc(-c2c(F)c(F)c(C)c(F)c2F)c(OC)c1F. The van der Waals surface area contributed by atoms with Gasteiger partial charge in [-0.25, -0.2) is 26.3 Å². The van der Waals surface area contributed by atoms with Gasteiger partial charge in [0, 0.05) is 11.1 Å². The monoisotopic (exact) mass is 316 g/mol. The number of benzene rings is 2. The van der Waals surface area contributed by atoms with Crippen LogP contribution in [0.25, 0.3) is 11.1 Å². The van der Waals surface area contributed by atoms with Crippen molar-refractivity contribution in [1.82, 2.24) is 0 Å². The highest BCUT2D eigenvalue weighted by Crippen LogP contribution is 2.38. The second-order valence-electron chi connectivity index (χ2n) is 4.42. The van der Waals surface area contributed by atoms with Gasteiger partial charge in [-0.15, -0.1) is 0 Å². The smallest absolute Gasteiger partial charge is 0.170 e. The minimum atomic E-state index is -1.79. The largest absolute Gasteiger partial charge is 0.493 e. The molecule has 0 aliphatic carbocycles. The fourth-order valence-corrected chi connectivity index (χ4v) is 1.98. The summed E-state index contributed by atoms with van der Waals surface area (Å²) in [6, 6.07) is 0.437. The van der Waals surface area contributed by atoms with Crippen LogP contribution in [-0.4, -0.2) is 15.0 Å². The fraction of sp³-hybridized carbons (Fsp3) is 0.143. The van der Waals surface area contributed by atoms with E-state index in [1.54, 1.807) is 0 Å². The maximum Gasteiger partial charge on any atom is 0.170 e. The minimum Gasteiger partial charge on any atom is -0.493 e. The van der Waals surface area contributed by atoms with Gasteiger partial charge in [-0.1, -0.05) is 0 Å². The van der Waals surface area contributed by atoms with E-state index in [0.717, 1.165) is 14.0 Å². The molecule has 22 heavy (non-hydrogen) atoms. The summed E-state index contributed by atoms with van der Waals surface area (Å²) in [6.07, 6.45) is 0. The van der Waals surface area contributed by atoms with Crippen LogP contribution in [-0.2, 0) is 0 Å². The van der Waals surface area contributed by atoms with Gasteiger partial charge in [0.1, 0.15) is 13.7 Å². The molecule has 0 saturated carbocycles. The summed E-state index contributed by atoms with van der Waals surface area (Å²) in [6.45, 7) is 0.821. The van der Waals surface area contributed by atoms with Crippen LogP contribution in [0.1, 0.15) is 5.56 Å². The van der Waals surface area contributed by atoms with Crippen LogP contribution in [0.4, 0.5) is 26.3 Å². The molecule has 0 aromatic heterocycles. The van der Waals surface area contributed by atoms with E-state index >= 15 is 0 Å². The van der Waals surface area contributed by atoms with E-state index in [1.807, 2.05) is 0 Å². The van der Waals surface area contributed by atoms with E-state index in [2.05, 4.69) is 4.74 Å². The van der Waals surface area contributed by atoms with Gasteiger partial charge < -0.3 is 4.74 Å². The predicted molar refractivity (Wildman–Crippen MR) is 68.3 cm³/mol. The van der Waals surface area contributed by atoms with Crippen molar-refractivity contribution in [3.8, 4) is 16.9 Å². The molecule has 1 nitrogen and oxygen atoms in total. The molecule has 0 saturated heterocycles. The number of ether oxygens (including phenoxy) is 1. The van der Waals surface area contributed by atoms with E-state index in [1.165, 1.54) is 0 Å². The first-order chi connectivity index (χ1) is 10.2. The van der Waals surface area contributed by atoms with Crippen LogP contribution in [0.3, 0.4) is 0 Å². The van der Waals surface area contributed by atoms with Crippen molar-refractivity contribution in [2.45, 2.75) is 6.92 Å². The number of hydrogen-bond donors (Lipinski definition) is 0. The Balaban J connectivity index is 2.95. The second kappa shape index (κ2) is 5.59. The minimum absolute atomic E-state index is 0.437. The lowest BCUT2D eigenvalue weighted by molar-refractivity contribution is 0.386. The quantitative estimate of drug-likeness (QED) is 0.469. The molecule has 114 valence electrons. The zero-order chi connectivity index (χ0) is 16.8. The first kappa shape index (κ1) is 16.3. The molecule has 0 fully saturated rings. The highest BCUT2D eigenvalue weighted by atomic mass is 19.2. The van der Waals surface area contributed by atoms with Crippen molar-refractivity contribution in [1.29, 1.82) is 0 Å². The molecule has 0 unspecified atom stereocenters. The van der Waals surface area contributed by atoms with Gasteiger partial charge in [-0.3, -0.25) is 0 Å². The standard InChI is InChI=1S/C14H7BF6O/c1-4-9(17)11(19)7(12(20)10(4)18)5-3-6(16)8(15)13(21)14(5)22-2/h3H,1-2H3. The Morgan fingerprint density at radius 2 is 1.36 bits per heavy atom. The van der Waals surface area contributed by atoms with Crippen molar-refractivity contribution in [3.05, 3.63) is 46.5 Å². The molecule has 0 bridgehead atoms. The van der Waals surface area contributed by atoms with E-state index in [9.17, 15) is 26.3 Å². The van der Waals surface area contributed by atoms with Gasteiger partial charge >= 0.3 is 0 Å². The Bertz CT molecular complexity index is 746.